The molecule has 0 aromatic heterocycles. The van der Waals surface area contributed by atoms with Gasteiger partial charge in [-0.15, -0.1) is 0 Å². The fourth-order valence-electron chi connectivity index (χ4n) is 2.94. The maximum Gasteiger partial charge on any atom is 0.00170 e. The lowest BCUT2D eigenvalue weighted by Gasteiger charge is -2.23. The van der Waals surface area contributed by atoms with E-state index in [1.54, 1.807) is 0 Å². The SMILES string of the molecule is CCC(CNC)c1ccc(C2CCNCC2)cc1. The van der Waals surface area contributed by atoms with E-state index in [9.17, 15) is 0 Å². The lowest BCUT2D eigenvalue weighted by Crippen LogP contribution is -2.26. The Hall–Kier alpha value is -0.860. The minimum Gasteiger partial charge on any atom is -0.319 e. The van der Waals surface area contributed by atoms with Crippen LogP contribution < -0.4 is 10.6 Å². The molecule has 100 valence electrons. The maximum atomic E-state index is 3.43. The Kier molecular flexibility index (Phi) is 5.21. The first-order chi connectivity index (χ1) is 8.85. The van der Waals surface area contributed by atoms with Crippen LogP contribution in [-0.2, 0) is 0 Å². The maximum absolute atomic E-state index is 3.43. The number of rotatable bonds is 5. The molecule has 1 aliphatic rings. The van der Waals surface area contributed by atoms with Gasteiger partial charge in [-0.3, -0.25) is 0 Å². The zero-order chi connectivity index (χ0) is 12.8. The van der Waals surface area contributed by atoms with Crippen molar-refractivity contribution in [3.63, 3.8) is 0 Å². The highest BCUT2D eigenvalue weighted by atomic mass is 14.9. The summed E-state index contributed by atoms with van der Waals surface area (Å²) < 4.78 is 0. The van der Waals surface area contributed by atoms with Crippen molar-refractivity contribution in [2.75, 3.05) is 26.7 Å². The highest BCUT2D eigenvalue weighted by molar-refractivity contribution is 5.28. The summed E-state index contributed by atoms with van der Waals surface area (Å²) in [6, 6.07) is 9.37. The molecule has 2 heteroatoms. The zero-order valence-corrected chi connectivity index (χ0v) is 11.7. The van der Waals surface area contributed by atoms with Gasteiger partial charge in [-0.1, -0.05) is 31.2 Å². The predicted octanol–water partition coefficient (Wildman–Crippen LogP) is 2.87. The molecule has 1 atom stereocenters. The third kappa shape index (κ3) is 3.33. The van der Waals surface area contributed by atoms with Crippen LogP contribution in [0.5, 0.6) is 0 Å². The van der Waals surface area contributed by atoms with Crippen molar-refractivity contribution in [3.8, 4) is 0 Å². The molecule has 2 nitrogen and oxygen atoms in total. The third-order valence-corrected chi connectivity index (χ3v) is 4.16. The van der Waals surface area contributed by atoms with Gasteiger partial charge in [-0.05, 0) is 62.4 Å². The van der Waals surface area contributed by atoms with Crippen LogP contribution >= 0.6 is 0 Å². The van der Waals surface area contributed by atoms with Crippen molar-refractivity contribution in [2.24, 2.45) is 0 Å². The fourth-order valence-corrected chi connectivity index (χ4v) is 2.94. The second-order valence-corrected chi connectivity index (χ2v) is 5.35. The van der Waals surface area contributed by atoms with E-state index in [0.29, 0.717) is 5.92 Å². The summed E-state index contributed by atoms with van der Waals surface area (Å²) >= 11 is 0. The first-order valence-corrected chi connectivity index (χ1v) is 7.30. The van der Waals surface area contributed by atoms with E-state index in [1.807, 2.05) is 7.05 Å². The van der Waals surface area contributed by atoms with E-state index >= 15 is 0 Å². The van der Waals surface area contributed by atoms with Crippen LogP contribution in [0.2, 0.25) is 0 Å². The molecule has 1 aliphatic heterocycles. The van der Waals surface area contributed by atoms with Gasteiger partial charge in [0.05, 0.1) is 0 Å². The summed E-state index contributed by atoms with van der Waals surface area (Å²) in [5, 5.41) is 6.72. The molecule has 2 rings (SSSR count). The lowest BCUT2D eigenvalue weighted by molar-refractivity contribution is 0.460. The Labute approximate surface area is 111 Å². The van der Waals surface area contributed by atoms with E-state index < -0.39 is 0 Å². The van der Waals surface area contributed by atoms with Crippen LogP contribution in [0.25, 0.3) is 0 Å². The summed E-state index contributed by atoms with van der Waals surface area (Å²) in [5.74, 6) is 1.42. The topological polar surface area (TPSA) is 24.1 Å². The average Bonchev–Trinajstić information content (AvgIpc) is 2.46. The molecule has 0 bridgehead atoms. The Morgan fingerprint density at radius 3 is 2.44 bits per heavy atom. The first kappa shape index (κ1) is 13.6. The number of piperidine rings is 1. The molecule has 1 heterocycles. The molecule has 1 saturated heterocycles. The van der Waals surface area contributed by atoms with Crippen LogP contribution in [0.4, 0.5) is 0 Å². The summed E-state index contributed by atoms with van der Waals surface area (Å²) in [5.41, 5.74) is 3.00. The van der Waals surface area contributed by atoms with Crippen molar-refractivity contribution >= 4 is 0 Å². The van der Waals surface area contributed by atoms with Crippen molar-refractivity contribution in [3.05, 3.63) is 35.4 Å². The fraction of sp³-hybridized carbons (Fsp3) is 0.625. The van der Waals surface area contributed by atoms with Gasteiger partial charge in [0.25, 0.3) is 0 Å². The van der Waals surface area contributed by atoms with E-state index in [1.165, 1.54) is 43.5 Å². The normalized spacial score (nSPS) is 18.8. The number of likely N-dealkylation sites (N-methyl/N-ethyl adjacent to an activating group) is 1. The van der Waals surface area contributed by atoms with Gasteiger partial charge in [0.1, 0.15) is 0 Å². The zero-order valence-electron chi connectivity index (χ0n) is 11.7. The molecular formula is C16H26N2. The predicted molar refractivity (Wildman–Crippen MR) is 78.2 cm³/mol. The van der Waals surface area contributed by atoms with Crippen LogP contribution in [-0.4, -0.2) is 26.7 Å². The molecule has 2 N–H and O–H groups in total. The molecule has 1 unspecified atom stereocenters. The Morgan fingerprint density at radius 2 is 1.89 bits per heavy atom. The smallest absolute Gasteiger partial charge is 0.00170 e. The van der Waals surface area contributed by atoms with Gasteiger partial charge in [0.15, 0.2) is 0 Å². The molecule has 0 saturated carbocycles. The van der Waals surface area contributed by atoms with Crippen molar-refractivity contribution in [1.82, 2.24) is 10.6 Å². The van der Waals surface area contributed by atoms with Crippen LogP contribution in [0.3, 0.4) is 0 Å². The second-order valence-electron chi connectivity index (χ2n) is 5.35. The van der Waals surface area contributed by atoms with E-state index in [-0.39, 0.29) is 0 Å². The van der Waals surface area contributed by atoms with Gasteiger partial charge in [0, 0.05) is 6.54 Å². The molecule has 18 heavy (non-hydrogen) atoms. The summed E-state index contributed by atoms with van der Waals surface area (Å²) in [7, 11) is 2.03. The van der Waals surface area contributed by atoms with Crippen molar-refractivity contribution < 1.29 is 0 Å². The van der Waals surface area contributed by atoms with Gasteiger partial charge in [-0.25, -0.2) is 0 Å². The van der Waals surface area contributed by atoms with Crippen LogP contribution in [0.15, 0.2) is 24.3 Å². The van der Waals surface area contributed by atoms with Crippen LogP contribution in [0.1, 0.15) is 49.1 Å². The van der Waals surface area contributed by atoms with Gasteiger partial charge < -0.3 is 10.6 Å². The number of benzene rings is 1. The molecule has 0 aliphatic carbocycles. The van der Waals surface area contributed by atoms with Gasteiger partial charge in [-0.2, -0.15) is 0 Å². The first-order valence-electron chi connectivity index (χ1n) is 7.30. The molecule has 0 amide bonds. The molecule has 1 aromatic carbocycles. The number of nitrogens with one attached hydrogen (secondary N) is 2. The number of hydrogen-bond acceptors (Lipinski definition) is 2. The standard InChI is InChI=1S/C16H26N2/c1-3-13(12-17-2)14-4-6-15(7-5-14)16-8-10-18-11-9-16/h4-7,13,16-18H,3,8-12H2,1-2H3. The summed E-state index contributed by atoms with van der Waals surface area (Å²) in [4.78, 5) is 0. The minimum absolute atomic E-state index is 0.650. The largest absolute Gasteiger partial charge is 0.319 e. The molecule has 0 spiro atoms. The van der Waals surface area contributed by atoms with Crippen molar-refractivity contribution in [2.45, 2.75) is 38.0 Å². The Morgan fingerprint density at radius 1 is 1.22 bits per heavy atom. The molecule has 0 radical (unpaired) electrons. The Balaban J connectivity index is 2.03. The summed E-state index contributed by atoms with van der Waals surface area (Å²) in [6.07, 6.45) is 3.77. The average molecular weight is 246 g/mol. The van der Waals surface area contributed by atoms with E-state index in [0.717, 1.165) is 12.5 Å². The molecule has 1 aromatic rings. The second kappa shape index (κ2) is 6.91. The van der Waals surface area contributed by atoms with E-state index in [2.05, 4.69) is 41.8 Å². The molecule has 1 fully saturated rings. The van der Waals surface area contributed by atoms with Gasteiger partial charge in [0.2, 0.25) is 0 Å². The Bertz CT molecular complexity index is 315. The van der Waals surface area contributed by atoms with Gasteiger partial charge >= 0.3 is 0 Å². The monoisotopic (exact) mass is 246 g/mol. The quantitative estimate of drug-likeness (QED) is 0.835. The minimum atomic E-state index is 0.650. The molecular weight excluding hydrogens is 220 g/mol. The third-order valence-electron chi connectivity index (χ3n) is 4.16. The summed E-state index contributed by atoms with van der Waals surface area (Å²) in [6.45, 7) is 5.68. The van der Waals surface area contributed by atoms with E-state index in [4.69, 9.17) is 0 Å². The highest BCUT2D eigenvalue weighted by Gasteiger charge is 2.15. The van der Waals surface area contributed by atoms with Crippen molar-refractivity contribution in [1.29, 1.82) is 0 Å². The lowest BCUT2D eigenvalue weighted by atomic mass is 9.88. The number of hydrogen-bond donors (Lipinski definition) is 2. The van der Waals surface area contributed by atoms with Crippen LogP contribution in [0, 0.1) is 0 Å². The highest BCUT2D eigenvalue weighted by Crippen LogP contribution is 2.27.